The predicted molar refractivity (Wildman–Crippen MR) is 76.4 cm³/mol. The topological polar surface area (TPSA) is 58.2 Å². The van der Waals surface area contributed by atoms with Gasteiger partial charge in [0.15, 0.2) is 0 Å². The van der Waals surface area contributed by atoms with E-state index in [9.17, 15) is 9.59 Å². The van der Waals surface area contributed by atoms with Crippen molar-refractivity contribution in [3.05, 3.63) is 20.8 Å². The van der Waals surface area contributed by atoms with E-state index < -0.39 is 0 Å². The minimum atomic E-state index is -0.0143. The average molecular weight is 333 g/mol. The van der Waals surface area contributed by atoms with Gasteiger partial charge in [-0.1, -0.05) is 0 Å². The van der Waals surface area contributed by atoms with Crippen molar-refractivity contribution in [3.8, 4) is 0 Å². The highest BCUT2D eigenvalue weighted by atomic mass is 79.9. The summed E-state index contributed by atoms with van der Waals surface area (Å²) in [6.07, 6.45) is 1.38. The number of carbonyl (C=O) groups is 2. The van der Waals surface area contributed by atoms with Gasteiger partial charge in [0.1, 0.15) is 0 Å². The molecule has 0 aromatic carbocycles. The minimum Gasteiger partial charge on any atom is -0.356 e. The molecule has 6 heteroatoms. The molecule has 2 amide bonds. The van der Waals surface area contributed by atoms with Crippen molar-refractivity contribution < 1.29 is 9.59 Å². The summed E-state index contributed by atoms with van der Waals surface area (Å²) in [5.74, 6) is -0.00843. The first-order valence-electron chi connectivity index (χ1n) is 5.88. The molecule has 0 fully saturated rings. The van der Waals surface area contributed by atoms with Gasteiger partial charge >= 0.3 is 0 Å². The number of nitrogens with one attached hydrogen (secondary N) is 2. The van der Waals surface area contributed by atoms with Crippen LogP contribution in [0.15, 0.2) is 15.9 Å². The molecular weight excluding hydrogens is 316 g/mol. The maximum absolute atomic E-state index is 11.5. The lowest BCUT2D eigenvalue weighted by Crippen LogP contribution is -2.24. The van der Waals surface area contributed by atoms with Gasteiger partial charge in [-0.05, 0) is 40.7 Å². The van der Waals surface area contributed by atoms with Crippen molar-refractivity contribution >= 4 is 39.1 Å². The molecule has 0 unspecified atom stereocenters. The maximum atomic E-state index is 11.5. The van der Waals surface area contributed by atoms with Crippen molar-refractivity contribution in [2.75, 3.05) is 6.54 Å². The molecule has 0 bridgehead atoms. The monoisotopic (exact) mass is 332 g/mol. The van der Waals surface area contributed by atoms with Crippen LogP contribution in [0.5, 0.6) is 0 Å². The van der Waals surface area contributed by atoms with Gasteiger partial charge in [0.2, 0.25) is 11.8 Å². The van der Waals surface area contributed by atoms with Crippen molar-refractivity contribution in [2.45, 2.75) is 32.7 Å². The number of amides is 2. The zero-order chi connectivity index (χ0) is 13.4. The van der Waals surface area contributed by atoms with Gasteiger partial charge in [-0.2, -0.15) is 0 Å². The standard InChI is InChI=1S/C12H17BrN2O2S/c1-2-14-11(16)4-3-5-12(17)15-8-10-9(13)6-7-18-10/h6-7H,2-5,8H2,1H3,(H,14,16)(H,15,17). The number of carbonyl (C=O) groups excluding carboxylic acids is 2. The zero-order valence-corrected chi connectivity index (χ0v) is 12.7. The first-order valence-corrected chi connectivity index (χ1v) is 7.56. The third-order valence-electron chi connectivity index (χ3n) is 2.32. The van der Waals surface area contributed by atoms with Gasteiger partial charge in [0.05, 0.1) is 6.54 Å². The summed E-state index contributed by atoms with van der Waals surface area (Å²) in [4.78, 5) is 23.8. The van der Waals surface area contributed by atoms with Crippen LogP contribution in [0, 0.1) is 0 Å². The van der Waals surface area contributed by atoms with E-state index in [0.717, 1.165) is 9.35 Å². The highest BCUT2D eigenvalue weighted by Gasteiger charge is 2.06. The normalized spacial score (nSPS) is 10.1. The second kappa shape index (κ2) is 8.26. The van der Waals surface area contributed by atoms with Gasteiger partial charge in [0, 0.05) is 28.7 Å². The van der Waals surface area contributed by atoms with E-state index in [-0.39, 0.29) is 11.8 Å². The van der Waals surface area contributed by atoms with Crippen LogP contribution in [0.1, 0.15) is 31.1 Å². The van der Waals surface area contributed by atoms with E-state index in [1.54, 1.807) is 11.3 Å². The molecule has 0 saturated carbocycles. The summed E-state index contributed by atoms with van der Waals surface area (Å²) in [7, 11) is 0. The minimum absolute atomic E-state index is 0.00583. The Hall–Kier alpha value is -0.880. The molecule has 4 nitrogen and oxygen atoms in total. The van der Waals surface area contributed by atoms with Gasteiger partial charge < -0.3 is 10.6 Å². The van der Waals surface area contributed by atoms with Crippen LogP contribution in [-0.2, 0) is 16.1 Å². The van der Waals surface area contributed by atoms with Gasteiger partial charge in [-0.3, -0.25) is 9.59 Å². The van der Waals surface area contributed by atoms with Gasteiger partial charge in [-0.25, -0.2) is 0 Å². The van der Waals surface area contributed by atoms with E-state index in [2.05, 4.69) is 26.6 Å². The van der Waals surface area contributed by atoms with E-state index >= 15 is 0 Å². The quantitative estimate of drug-likeness (QED) is 0.805. The zero-order valence-electron chi connectivity index (χ0n) is 10.3. The first kappa shape index (κ1) is 15.2. The van der Waals surface area contributed by atoms with E-state index in [0.29, 0.717) is 32.4 Å². The lowest BCUT2D eigenvalue weighted by atomic mass is 10.2. The molecule has 0 atom stereocenters. The van der Waals surface area contributed by atoms with Gasteiger partial charge in [-0.15, -0.1) is 11.3 Å². The predicted octanol–water partition coefficient (Wildman–Crippen LogP) is 2.43. The molecule has 1 aromatic heterocycles. The lowest BCUT2D eigenvalue weighted by Gasteiger charge is -2.04. The van der Waals surface area contributed by atoms with Crippen LogP contribution in [-0.4, -0.2) is 18.4 Å². The molecule has 1 aromatic rings. The Morgan fingerprint density at radius 3 is 2.50 bits per heavy atom. The summed E-state index contributed by atoms with van der Waals surface area (Å²) in [5, 5.41) is 7.52. The largest absolute Gasteiger partial charge is 0.356 e. The highest BCUT2D eigenvalue weighted by molar-refractivity contribution is 9.10. The molecule has 0 saturated heterocycles. The Balaban J connectivity index is 2.15. The molecule has 18 heavy (non-hydrogen) atoms. The van der Waals surface area contributed by atoms with Crippen molar-refractivity contribution in [1.82, 2.24) is 10.6 Å². The second-order valence-electron chi connectivity index (χ2n) is 3.78. The number of halogens is 1. The van der Waals surface area contributed by atoms with Crippen molar-refractivity contribution in [1.29, 1.82) is 0 Å². The van der Waals surface area contributed by atoms with Crippen LogP contribution >= 0.6 is 27.3 Å². The van der Waals surface area contributed by atoms with Crippen LogP contribution in [0.4, 0.5) is 0 Å². The van der Waals surface area contributed by atoms with Crippen molar-refractivity contribution in [3.63, 3.8) is 0 Å². The third kappa shape index (κ3) is 5.64. The summed E-state index contributed by atoms with van der Waals surface area (Å²) in [5.41, 5.74) is 0. The van der Waals surface area contributed by atoms with Gasteiger partial charge in [0.25, 0.3) is 0 Å². The third-order valence-corrected chi connectivity index (χ3v) is 4.25. The summed E-state index contributed by atoms with van der Waals surface area (Å²) < 4.78 is 1.02. The fourth-order valence-corrected chi connectivity index (χ4v) is 2.85. The molecule has 2 N–H and O–H groups in total. The van der Waals surface area contributed by atoms with E-state index in [1.165, 1.54) is 0 Å². The number of hydrogen-bond donors (Lipinski definition) is 2. The molecule has 1 heterocycles. The Kier molecular flexibility index (Phi) is 6.97. The summed E-state index contributed by atoms with van der Waals surface area (Å²) in [6, 6.07) is 1.96. The average Bonchev–Trinajstić information content (AvgIpc) is 2.72. The van der Waals surface area contributed by atoms with Crippen LogP contribution in [0.2, 0.25) is 0 Å². The van der Waals surface area contributed by atoms with Crippen LogP contribution < -0.4 is 10.6 Å². The van der Waals surface area contributed by atoms with E-state index in [4.69, 9.17) is 0 Å². The Morgan fingerprint density at radius 2 is 1.94 bits per heavy atom. The smallest absolute Gasteiger partial charge is 0.220 e. The number of thiophene rings is 1. The highest BCUT2D eigenvalue weighted by Crippen LogP contribution is 2.22. The molecule has 0 spiro atoms. The SMILES string of the molecule is CCNC(=O)CCCC(=O)NCc1sccc1Br. The summed E-state index contributed by atoms with van der Waals surface area (Å²) in [6.45, 7) is 3.05. The number of hydrogen-bond acceptors (Lipinski definition) is 3. The number of rotatable bonds is 7. The van der Waals surface area contributed by atoms with Crippen LogP contribution in [0.3, 0.4) is 0 Å². The fourth-order valence-electron chi connectivity index (χ4n) is 1.41. The fraction of sp³-hybridized carbons (Fsp3) is 0.500. The first-order chi connectivity index (χ1) is 8.63. The Labute approximate surface area is 119 Å². The summed E-state index contributed by atoms with van der Waals surface area (Å²) >= 11 is 5.01. The maximum Gasteiger partial charge on any atom is 0.220 e. The Morgan fingerprint density at radius 1 is 1.28 bits per heavy atom. The molecule has 0 radical (unpaired) electrons. The van der Waals surface area contributed by atoms with Crippen molar-refractivity contribution in [2.24, 2.45) is 0 Å². The second-order valence-corrected chi connectivity index (χ2v) is 5.63. The molecular formula is C12H17BrN2O2S. The molecule has 0 aliphatic heterocycles. The lowest BCUT2D eigenvalue weighted by molar-refractivity contribution is -0.122. The molecule has 100 valence electrons. The van der Waals surface area contributed by atoms with E-state index in [1.807, 2.05) is 18.4 Å². The Bertz CT molecular complexity index is 407. The molecule has 1 rings (SSSR count). The molecule has 0 aliphatic carbocycles. The molecule has 0 aliphatic rings. The van der Waals surface area contributed by atoms with Crippen LogP contribution in [0.25, 0.3) is 0 Å².